The second-order valence-electron chi connectivity index (χ2n) is 8.35. The maximum atomic E-state index is 13.7. The van der Waals surface area contributed by atoms with Gasteiger partial charge in [0, 0.05) is 26.2 Å². The number of carbonyl (C=O) groups excluding carboxylic acids is 1. The molecule has 27 heavy (non-hydrogen) atoms. The minimum atomic E-state index is 0.154. The minimum Gasteiger partial charge on any atom is -0.333 e. The lowest BCUT2D eigenvalue weighted by atomic mass is 9.88. The molecule has 1 aromatic rings. The molecule has 0 unspecified atom stereocenters. The number of rotatable bonds is 5. The highest BCUT2D eigenvalue weighted by molar-refractivity contribution is 5.99. The Balaban J connectivity index is 1.93. The smallest absolute Gasteiger partial charge is 0.256 e. The van der Waals surface area contributed by atoms with Gasteiger partial charge in [-0.3, -0.25) is 9.80 Å². The van der Waals surface area contributed by atoms with Crippen LogP contribution in [0.2, 0.25) is 0 Å². The van der Waals surface area contributed by atoms with E-state index in [1.54, 1.807) is 5.01 Å². The van der Waals surface area contributed by atoms with E-state index in [1.165, 1.54) is 38.5 Å². The fourth-order valence-corrected chi connectivity index (χ4v) is 4.53. The molecule has 5 heteroatoms. The van der Waals surface area contributed by atoms with Gasteiger partial charge in [-0.05, 0) is 50.3 Å². The maximum absolute atomic E-state index is 13.7. The highest BCUT2D eigenvalue weighted by atomic mass is 16.2. The first-order valence-corrected chi connectivity index (χ1v) is 10.6. The van der Waals surface area contributed by atoms with Gasteiger partial charge < -0.3 is 4.90 Å². The normalized spacial score (nSPS) is 19.4. The average molecular weight is 371 g/mol. The summed E-state index contributed by atoms with van der Waals surface area (Å²) in [6.07, 6.45) is 12.1. The summed E-state index contributed by atoms with van der Waals surface area (Å²) in [5, 5.41) is 10.2. The number of amides is 1. The molecule has 0 heterocycles. The van der Waals surface area contributed by atoms with E-state index in [1.807, 2.05) is 39.2 Å². The van der Waals surface area contributed by atoms with E-state index in [0.29, 0.717) is 23.3 Å². The molecule has 2 fully saturated rings. The van der Waals surface area contributed by atoms with Gasteiger partial charge >= 0.3 is 0 Å². The maximum Gasteiger partial charge on any atom is 0.256 e. The summed E-state index contributed by atoms with van der Waals surface area (Å²) in [6.45, 7) is 2.03. The van der Waals surface area contributed by atoms with Gasteiger partial charge in [-0.2, -0.15) is 0 Å². The molecule has 1 amide bonds. The van der Waals surface area contributed by atoms with Crippen LogP contribution < -0.4 is 0 Å². The molecule has 0 aromatic heterocycles. The molecule has 0 spiro atoms. The van der Waals surface area contributed by atoms with Crippen LogP contribution in [0.4, 0.5) is 5.69 Å². The second-order valence-corrected chi connectivity index (χ2v) is 8.35. The zero-order valence-corrected chi connectivity index (χ0v) is 17.2. The van der Waals surface area contributed by atoms with Crippen LogP contribution in [0.5, 0.6) is 0 Å². The predicted octanol–water partition coefficient (Wildman–Crippen LogP) is 5.66. The Morgan fingerprint density at radius 3 is 2.00 bits per heavy atom. The number of hydrogen-bond acceptors (Lipinski definition) is 3. The van der Waals surface area contributed by atoms with Crippen molar-refractivity contribution in [1.82, 2.24) is 9.91 Å². The Morgan fingerprint density at radius 2 is 1.48 bits per heavy atom. The van der Waals surface area contributed by atoms with Crippen molar-refractivity contribution in [2.45, 2.75) is 83.2 Å². The highest BCUT2D eigenvalue weighted by Gasteiger charge is 2.33. The molecular formula is C22H34N4O. The average Bonchev–Trinajstić information content (AvgIpc) is 2.68. The first-order valence-electron chi connectivity index (χ1n) is 10.6. The van der Waals surface area contributed by atoms with Crippen molar-refractivity contribution in [2.75, 3.05) is 14.1 Å². The fraction of sp³-hybridized carbons (Fsp3) is 0.682. The van der Waals surface area contributed by atoms with Gasteiger partial charge in [0.05, 0.1) is 5.56 Å². The Labute approximate surface area is 163 Å². The minimum absolute atomic E-state index is 0.154. The van der Waals surface area contributed by atoms with Gasteiger partial charge in [-0.1, -0.05) is 49.8 Å². The number of carbonyl (C=O) groups is 1. The summed E-state index contributed by atoms with van der Waals surface area (Å²) in [4.78, 5) is 16.0. The molecule has 0 atom stereocenters. The van der Waals surface area contributed by atoms with Crippen LogP contribution in [0.3, 0.4) is 0 Å². The summed E-state index contributed by atoms with van der Waals surface area (Å²) < 4.78 is 0. The summed E-state index contributed by atoms with van der Waals surface area (Å²) >= 11 is 0. The second kappa shape index (κ2) is 9.34. The number of aryl methyl sites for hydroxylation is 1. The SMILES string of the molecule is Cc1ccc(C(=O)N(C2CCCCC2)C2CCCCC2)c(N=NN(C)C)c1. The zero-order chi connectivity index (χ0) is 19.2. The summed E-state index contributed by atoms with van der Waals surface area (Å²) in [7, 11) is 3.69. The Hall–Kier alpha value is -1.91. The van der Waals surface area contributed by atoms with Crippen LogP contribution in [0, 0.1) is 6.92 Å². The van der Waals surface area contributed by atoms with Gasteiger partial charge in [0.2, 0.25) is 0 Å². The van der Waals surface area contributed by atoms with E-state index < -0.39 is 0 Å². The molecule has 0 aliphatic heterocycles. The van der Waals surface area contributed by atoms with Crippen molar-refractivity contribution in [3.8, 4) is 0 Å². The molecule has 2 aliphatic rings. The van der Waals surface area contributed by atoms with Crippen LogP contribution in [-0.2, 0) is 0 Å². The molecule has 0 saturated heterocycles. The van der Waals surface area contributed by atoms with Gasteiger partial charge in [0.25, 0.3) is 5.91 Å². The van der Waals surface area contributed by atoms with Gasteiger partial charge in [0.1, 0.15) is 5.69 Å². The van der Waals surface area contributed by atoms with Crippen LogP contribution in [0.25, 0.3) is 0 Å². The largest absolute Gasteiger partial charge is 0.333 e. The van der Waals surface area contributed by atoms with E-state index >= 15 is 0 Å². The Morgan fingerprint density at radius 1 is 0.926 bits per heavy atom. The lowest BCUT2D eigenvalue weighted by Gasteiger charge is -2.42. The molecule has 0 radical (unpaired) electrons. The Kier molecular flexibility index (Phi) is 6.86. The molecule has 1 aromatic carbocycles. The lowest BCUT2D eigenvalue weighted by molar-refractivity contribution is 0.0449. The fourth-order valence-electron chi connectivity index (χ4n) is 4.53. The van der Waals surface area contributed by atoms with Crippen molar-refractivity contribution in [3.63, 3.8) is 0 Å². The highest BCUT2D eigenvalue weighted by Crippen LogP contribution is 2.33. The third kappa shape index (κ3) is 5.08. The molecule has 0 N–H and O–H groups in total. The number of benzene rings is 1. The van der Waals surface area contributed by atoms with E-state index in [4.69, 9.17) is 0 Å². The molecule has 148 valence electrons. The molecule has 2 aliphatic carbocycles. The predicted molar refractivity (Wildman–Crippen MR) is 109 cm³/mol. The third-order valence-electron chi connectivity index (χ3n) is 5.89. The topological polar surface area (TPSA) is 48.3 Å². The molecule has 3 rings (SSSR count). The van der Waals surface area contributed by atoms with Crippen LogP contribution in [0.15, 0.2) is 28.5 Å². The first kappa shape index (κ1) is 19.8. The first-order chi connectivity index (χ1) is 13.1. The lowest BCUT2D eigenvalue weighted by Crippen LogP contribution is -2.48. The summed E-state index contributed by atoms with van der Waals surface area (Å²) in [5.41, 5.74) is 2.48. The van der Waals surface area contributed by atoms with Crippen molar-refractivity contribution >= 4 is 11.6 Å². The van der Waals surface area contributed by atoms with Crippen molar-refractivity contribution < 1.29 is 4.79 Å². The van der Waals surface area contributed by atoms with Crippen molar-refractivity contribution in [1.29, 1.82) is 0 Å². The molecule has 2 saturated carbocycles. The van der Waals surface area contributed by atoms with E-state index in [0.717, 1.165) is 31.2 Å². The summed E-state index contributed by atoms with van der Waals surface area (Å²) in [5.74, 6) is 0.154. The zero-order valence-electron chi connectivity index (χ0n) is 17.2. The van der Waals surface area contributed by atoms with Crippen molar-refractivity contribution in [2.24, 2.45) is 10.3 Å². The van der Waals surface area contributed by atoms with Gasteiger partial charge in [-0.25, -0.2) is 0 Å². The van der Waals surface area contributed by atoms with Crippen LogP contribution in [0.1, 0.15) is 80.1 Å². The summed E-state index contributed by atoms with van der Waals surface area (Å²) in [6, 6.07) is 6.70. The van der Waals surface area contributed by atoms with Gasteiger partial charge in [0.15, 0.2) is 0 Å². The van der Waals surface area contributed by atoms with Gasteiger partial charge in [-0.15, -0.1) is 5.11 Å². The van der Waals surface area contributed by atoms with Crippen molar-refractivity contribution in [3.05, 3.63) is 29.3 Å². The molecular weight excluding hydrogens is 336 g/mol. The monoisotopic (exact) mass is 370 g/mol. The molecule has 0 bridgehead atoms. The number of hydrogen-bond donors (Lipinski definition) is 0. The van der Waals surface area contributed by atoms with E-state index in [9.17, 15) is 4.79 Å². The van der Waals surface area contributed by atoms with E-state index in [2.05, 4.69) is 15.2 Å². The Bertz CT molecular complexity index is 640. The standard InChI is InChI=1S/C22H34N4O/c1-17-14-15-20(21(16-17)23-24-25(2)3)22(27)26(18-10-6-4-7-11-18)19-12-8-5-9-13-19/h14-16,18-19H,4-13H2,1-3H3. The number of nitrogens with zero attached hydrogens (tertiary/aromatic N) is 4. The van der Waals surface area contributed by atoms with Crippen LogP contribution in [-0.4, -0.2) is 42.0 Å². The van der Waals surface area contributed by atoms with Crippen LogP contribution >= 0.6 is 0 Å². The third-order valence-corrected chi connectivity index (χ3v) is 5.89. The van der Waals surface area contributed by atoms with E-state index in [-0.39, 0.29) is 5.91 Å². The molecule has 5 nitrogen and oxygen atoms in total. The quantitative estimate of drug-likeness (QED) is 0.496.